The van der Waals surface area contributed by atoms with Gasteiger partial charge >= 0.3 is 6.18 Å². The zero-order chi connectivity index (χ0) is 15.8. The molecule has 1 aliphatic heterocycles. The molecule has 1 aliphatic rings. The second-order valence-corrected chi connectivity index (χ2v) is 5.33. The summed E-state index contributed by atoms with van der Waals surface area (Å²) in [5.41, 5.74) is 4.31. The number of hydrogen-bond donors (Lipinski definition) is 1. The van der Waals surface area contributed by atoms with Gasteiger partial charge < -0.3 is 10.6 Å². The average molecular weight is 303 g/mol. The van der Waals surface area contributed by atoms with Crippen LogP contribution in [-0.4, -0.2) is 24.1 Å². The molecular formula is C13H16F3N3O2. The number of rotatable bonds is 2. The Kier molecular flexibility index (Phi) is 4.08. The standard InChI is InChI=1S/C13H16F3N3O2/c1-8-7-18(5-4-11(8)17)12-3-2-9(19(20)21)6-10(12)13(14,15)16/h2-3,6,8,11H,4-5,7,17H2,1H3. The van der Waals surface area contributed by atoms with Gasteiger partial charge in [0, 0.05) is 37.0 Å². The number of nitrogens with two attached hydrogens (primary N) is 1. The maximum Gasteiger partial charge on any atom is 0.418 e. The molecule has 1 heterocycles. The van der Waals surface area contributed by atoms with Gasteiger partial charge in [-0.1, -0.05) is 6.92 Å². The number of hydrogen-bond acceptors (Lipinski definition) is 4. The van der Waals surface area contributed by atoms with Crippen LogP contribution in [-0.2, 0) is 6.18 Å². The maximum atomic E-state index is 13.1. The Bertz CT molecular complexity index is 548. The highest BCUT2D eigenvalue weighted by Crippen LogP contribution is 2.39. The van der Waals surface area contributed by atoms with Crippen LogP contribution >= 0.6 is 0 Å². The summed E-state index contributed by atoms with van der Waals surface area (Å²) in [6, 6.07) is 2.83. The van der Waals surface area contributed by atoms with E-state index in [1.807, 2.05) is 6.92 Å². The molecule has 116 valence electrons. The van der Waals surface area contributed by atoms with Gasteiger partial charge in [-0.3, -0.25) is 10.1 Å². The Hall–Kier alpha value is -1.83. The van der Waals surface area contributed by atoms with Gasteiger partial charge in [-0.2, -0.15) is 13.2 Å². The van der Waals surface area contributed by atoms with Crippen molar-refractivity contribution in [2.45, 2.75) is 25.6 Å². The molecule has 2 N–H and O–H groups in total. The number of anilines is 1. The molecule has 2 unspecified atom stereocenters. The minimum absolute atomic E-state index is 0.0214. The smallest absolute Gasteiger partial charge is 0.371 e. The van der Waals surface area contributed by atoms with E-state index in [2.05, 4.69) is 0 Å². The van der Waals surface area contributed by atoms with E-state index in [-0.39, 0.29) is 17.6 Å². The van der Waals surface area contributed by atoms with E-state index in [0.717, 1.165) is 6.07 Å². The summed E-state index contributed by atoms with van der Waals surface area (Å²) in [6.45, 7) is 2.70. The van der Waals surface area contributed by atoms with Gasteiger partial charge in [-0.25, -0.2) is 0 Å². The molecule has 1 aromatic carbocycles. The highest BCUT2D eigenvalue weighted by atomic mass is 19.4. The van der Waals surface area contributed by atoms with Crippen molar-refractivity contribution < 1.29 is 18.1 Å². The quantitative estimate of drug-likeness (QED) is 0.673. The zero-order valence-electron chi connectivity index (χ0n) is 11.4. The summed E-state index contributed by atoms with van der Waals surface area (Å²) < 4.78 is 39.4. The summed E-state index contributed by atoms with van der Waals surface area (Å²) in [5, 5.41) is 10.7. The zero-order valence-corrected chi connectivity index (χ0v) is 11.4. The van der Waals surface area contributed by atoms with Crippen molar-refractivity contribution in [2.24, 2.45) is 11.7 Å². The molecule has 0 aromatic heterocycles. The molecule has 1 saturated heterocycles. The Morgan fingerprint density at radius 2 is 2.10 bits per heavy atom. The maximum absolute atomic E-state index is 13.1. The predicted molar refractivity (Wildman–Crippen MR) is 72.1 cm³/mol. The van der Waals surface area contributed by atoms with Crippen molar-refractivity contribution in [2.75, 3.05) is 18.0 Å². The third kappa shape index (κ3) is 3.26. The Labute approximate surface area is 119 Å². The SMILES string of the molecule is CC1CN(c2ccc([N+](=O)[O-])cc2C(F)(F)F)CCC1N. The number of alkyl halides is 3. The molecule has 1 fully saturated rings. The molecule has 8 heteroatoms. The monoisotopic (exact) mass is 303 g/mol. The van der Waals surface area contributed by atoms with Crippen molar-refractivity contribution in [3.05, 3.63) is 33.9 Å². The number of nitrogens with zero attached hydrogens (tertiary/aromatic N) is 2. The lowest BCUT2D eigenvalue weighted by Gasteiger charge is -2.37. The lowest BCUT2D eigenvalue weighted by atomic mass is 9.94. The van der Waals surface area contributed by atoms with E-state index in [1.54, 1.807) is 4.90 Å². The molecule has 0 saturated carbocycles. The van der Waals surface area contributed by atoms with Crippen LogP contribution in [0.25, 0.3) is 0 Å². The van der Waals surface area contributed by atoms with Gasteiger partial charge in [0.05, 0.1) is 10.5 Å². The first-order valence-corrected chi connectivity index (χ1v) is 6.56. The molecule has 0 aliphatic carbocycles. The first-order chi connectivity index (χ1) is 9.70. The van der Waals surface area contributed by atoms with E-state index < -0.39 is 22.4 Å². The Morgan fingerprint density at radius 1 is 1.43 bits per heavy atom. The Balaban J connectivity index is 2.41. The molecule has 2 rings (SSSR count). The van der Waals surface area contributed by atoms with Gasteiger partial charge in [0.25, 0.3) is 5.69 Å². The summed E-state index contributed by atoms with van der Waals surface area (Å²) in [4.78, 5) is 11.4. The lowest BCUT2D eigenvalue weighted by molar-refractivity contribution is -0.385. The molecule has 5 nitrogen and oxygen atoms in total. The van der Waals surface area contributed by atoms with Crippen molar-refractivity contribution in [3.63, 3.8) is 0 Å². The number of halogens is 3. The van der Waals surface area contributed by atoms with E-state index in [4.69, 9.17) is 5.73 Å². The van der Waals surface area contributed by atoms with Crippen LogP contribution in [0.3, 0.4) is 0 Å². The second-order valence-electron chi connectivity index (χ2n) is 5.33. The number of benzene rings is 1. The molecule has 0 bridgehead atoms. The molecule has 21 heavy (non-hydrogen) atoms. The summed E-state index contributed by atoms with van der Waals surface area (Å²) in [7, 11) is 0. The fourth-order valence-electron chi connectivity index (χ4n) is 2.52. The number of nitro groups is 1. The van der Waals surface area contributed by atoms with Crippen LogP contribution in [0.2, 0.25) is 0 Å². The van der Waals surface area contributed by atoms with Gasteiger partial charge in [0.15, 0.2) is 0 Å². The van der Waals surface area contributed by atoms with Gasteiger partial charge in [-0.15, -0.1) is 0 Å². The van der Waals surface area contributed by atoms with Crippen LogP contribution in [0.4, 0.5) is 24.5 Å². The molecule has 2 atom stereocenters. The van der Waals surface area contributed by atoms with Crippen molar-refractivity contribution >= 4 is 11.4 Å². The fourth-order valence-corrected chi connectivity index (χ4v) is 2.52. The normalized spacial score (nSPS) is 23.2. The minimum atomic E-state index is -4.63. The second kappa shape index (κ2) is 5.51. The number of nitro benzene ring substituents is 1. The van der Waals surface area contributed by atoms with Crippen molar-refractivity contribution in [3.8, 4) is 0 Å². The average Bonchev–Trinajstić information content (AvgIpc) is 2.40. The topological polar surface area (TPSA) is 72.4 Å². The molecule has 1 aromatic rings. The number of piperidine rings is 1. The first kappa shape index (κ1) is 15.6. The molecule has 0 amide bonds. The number of non-ortho nitro benzene ring substituents is 1. The van der Waals surface area contributed by atoms with Crippen molar-refractivity contribution in [1.29, 1.82) is 0 Å². The third-order valence-corrected chi connectivity index (χ3v) is 3.81. The van der Waals surface area contributed by atoms with E-state index in [1.165, 1.54) is 6.07 Å². The van der Waals surface area contributed by atoms with Crippen LogP contribution in [0, 0.1) is 16.0 Å². The van der Waals surface area contributed by atoms with E-state index >= 15 is 0 Å². The van der Waals surface area contributed by atoms with Gasteiger partial charge in [0.2, 0.25) is 0 Å². The van der Waals surface area contributed by atoms with Crippen LogP contribution in [0.15, 0.2) is 18.2 Å². The summed E-state index contributed by atoms with van der Waals surface area (Å²) in [6.07, 6.45) is -4.04. The van der Waals surface area contributed by atoms with Crippen LogP contribution < -0.4 is 10.6 Å². The van der Waals surface area contributed by atoms with Crippen molar-refractivity contribution in [1.82, 2.24) is 0 Å². The summed E-state index contributed by atoms with van der Waals surface area (Å²) in [5.74, 6) is 0.0648. The largest absolute Gasteiger partial charge is 0.418 e. The molecular weight excluding hydrogens is 287 g/mol. The van der Waals surface area contributed by atoms with Gasteiger partial charge in [-0.05, 0) is 18.4 Å². The lowest BCUT2D eigenvalue weighted by Crippen LogP contribution is -2.46. The van der Waals surface area contributed by atoms with Crippen LogP contribution in [0.1, 0.15) is 18.9 Å². The predicted octanol–water partition coefficient (Wildman–Crippen LogP) is 2.79. The van der Waals surface area contributed by atoms with E-state index in [0.29, 0.717) is 25.6 Å². The molecule has 0 spiro atoms. The third-order valence-electron chi connectivity index (χ3n) is 3.81. The minimum Gasteiger partial charge on any atom is -0.371 e. The van der Waals surface area contributed by atoms with Gasteiger partial charge in [0.1, 0.15) is 0 Å². The van der Waals surface area contributed by atoms with Crippen LogP contribution in [0.5, 0.6) is 0 Å². The Morgan fingerprint density at radius 3 is 2.62 bits per heavy atom. The highest BCUT2D eigenvalue weighted by molar-refractivity contribution is 5.59. The van der Waals surface area contributed by atoms with E-state index in [9.17, 15) is 23.3 Å². The highest BCUT2D eigenvalue weighted by Gasteiger charge is 2.37. The first-order valence-electron chi connectivity index (χ1n) is 6.56. The molecule has 0 radical (unpaired) electrons. The fraction of sp³-hybridized carbons (Fsp3) is 0.538. The summed E-state index contributed by atoms with van der Waals surface area (Å²) >= 11 is 0.